The van der Waals surface area contributed by atoms with Gasteiger partial charge in [0.15, 0.2) is 0 Å². The molecule has 0 atom stereocenters. The largest absolute Gasteiger partial charge is 0.348 e. The molecule has 9 heteroatoms. The summed E-state index contributed by atoms with van der Waals surface area (Å²) in [6.45, 7) is 5.42. The minimum Gasteiger partial charge on any atom is -0.348 e. The summed E-state index contributed by atoms with van der Waals surface area (Å²) >= 11 is 0. The first kappa shape index (κ1) is 17.7. The highest BCUT2D eigenvalue weighted by Gasteiger charge is 2.22. The summed E-state index contributed by atoms with van der Waals surface area (Å²) in [7, 11) is 0. The van der Waals surface area contributed by atoms with Gasteiger partial charge < -0.3 is 15.2 Å². The lowest BCUT2D eigenvalue weighted by Gasteiger charge is -2.27. The van der Waals surface area contributed by atoms with Crippen molar-refractivity contribution in [2.75, 3.05) is 6.54 Å². The van der Waals surface area contributed by atoms with Crippen LogP contribution in [-0.4, -0.2) is 43.0 Å². The molecule has 0 radical (unpaired) electrons. The predicted octanol–water partition coefficient (Wildman–Crippen LogP) is 0.578. The summed E-state index contributed by atoms with van der Waals surface area (Å²) in [6, 6.07) is 4.75. The van der Waals surface area contributed by atoms with Crippen LogP contribution in [0.2, 0.25) is 0 Å². The molecule has 1 aliphatic rings. The van der Waals surface area contributed by atoms with Gasteiger partial charge in [0.25, 0.3) is 11.5 Å². The van der Waals surface area contributed by atoms with E-state index in [1.165, 1.54) is 12.4 Å². The Kier molecular flexibility index (Phi) is 4.48. The third-order valence-electron chi connectivity index (χ3n) is 4.79. The van der Waals surface area contributed by atoms with Gasteiger partial charge in [0, 0.05) is 24.2 Å². The monoisotopic (exact) mass is 378 g/mol. The molecule has 0 bridgehead atoms. The van der Waals surface area contributed by atoms with Gasteiger partial charge >= 0.3 is 0 Å². The van der Waals surface area contributed by atoms with Crippen LogP contribution in [0.5, 0.6) is 0 Å². The van der Waals surface area contributed by atoms with Crippen molar-refractivity contribution in [3.8, 4) is 0 Å². The van der Waals surface area contributed by atoms with E-state index in [-0.39, 0.29) is 23.9 Å². The highest BCUT2D eigenvalue weighted by molar-refractivity contribution is 5.97. The molecule has 4 rings (SSSR count). The van der Waals surface area contributed by atoms with Gasteiger partial charge in [-0.25, -0.2) is 4.98 Å². The second-order valence-electron chi connectivity index (χ2n) is 6.45. The summed E-state index contributed by atoms with van der Waals surface area (Å²) in [5, 5.41) is 7.62. The molecule has 142 valence electrons. The summed E-state index contributed by atoms with van der Waals surface area (Å²) in [5.41, 5.74) is 2.37. The van der Waals surface area contributed by atoms with Gasteiger partial charge in [-0.15, -0.1) is 0 Å². The van der Waals surface area contributed by atoms with Crippen molar-refractivity contribution >= 4 is 22.7 Å². The van der Waals surface area contributed by atoms with Crippen LogP contribution in [0.3, 0.4) is 0 Å². The number of carbonyl (C=O) groups excluding carboxylic acids is 2. The number of aromatic nitrogens is 4. The first-order valence-corrected chi connectivity index (χ1v) is 8.77. The van der Waals surface area contributed by atoms with Crippen LogP contribution in [-0.2, 0) is 24.4 Å². The van der Waals surface area contributed by atoms with Crippen molar-refractivity contribution in [1.82, 2.24) is 30.0 Å². The van der Waals surface area contributed by atoms with Gasteiger partial charge in [-0.2, -0.15) is 5.10 Å². The zero-order valence-electron chi connectivity index (χ0n) is 15.0. The Hall–Kier alpha value is -3.75. The molecule has 9 nitrogen and oxygen atoms in total. The second kappa shape index (κ2) is 7.10. The number of nitrogens with one attached hydrogen (secondary N) is 2. The minimum absolute atomic E-state index is 0.124. The summed E-state index contributed by atoms with van der Waals surface area (Å²) in [5.74, 6) is -0.403. The van der Waals surface area contributed by atoms with E-state index in [0.29, 0.717) is 36.1 Å². The van der Waals surface area contributed by atoms with E-state index in [1.807, 2.05) is 4.68 Å². The molecule has 0 spiro atoms. The summed E-state index contributed by atoms with van der Waals surface area (Å²) in [6.07, 6.45) is 4.31. The summed E-state index contributed by atoms with van der Waals surface area (Å²) in [4.78, 5) is 44.4. The maximum absolute atomic E-state index is 12.5. The maximum atomic E-state index is 12.5. The van der Waals surface area contributed by atoms with Crippen LogP contribution in [0.4, 0.5) is 0 Å². The lowest BCUT2D eigenvalue weighted by atomic mass is 10.1. The number of hydrogen-bond donors (Lipinski definition) is 2. The lowest BCUT2D eigenvalue weighted by Crippen LogP contribution is -2.38. The number of rotatable bonds is 4. The van der Waals surface area contributed by atoms with Crippen LogP contribution in [0, 0.1) is 0 Å². The molecule has 0 saturated heterocycles. The maximum Gasteiger partial charge on any atom is 0.258 e. The van der Waals surface area contributed by atoms with E-state index in [9.17, 15) is 14.4 Å². The zero-order valence-corrected chi connectivity index (χ0v) is 15.0. The fourth-order valence-corrected chi connectivity index (χ4v) is 3.25. The van der Waals surface area contributed by atoms with Gasteiger partial charge in [-0.05, 0) is 24.3 Å². The normalized spacial score (nSPS) is 13.2. The molecule has 2 amide bonds. The van der Waals surface area contributed by atoms with Crippen molar-refractivity contribution in [2.24, 2.45) is 0 Å². The quantitative estimate of drug-likeness (QED) is 0.645. The molecule has 28 heavy (non-hydrogen) atoms. The molecule has 1 aromatic carbocycles. The molecule has 3 heterocycles. The highest BCUT2D eigenvalue weighted by Crippen LogP contribution is 2.17. The van der Waals surface area contributed by atoms with E-state index in [0.717, 1.165) is 11.3 Å². The molecule has 3 aromatic rings. The first-order valence-electron chi connectivity index (χ1n) is 8.77. The van der Waals surface area contributed by atoms with Crippen LogP contribution >= 0.6 is 0 Å². The van der Waals surface area contributed by atoms with Crippen molar-refractivity contribution in [1.29, 1.82) is 0 Å². The van der Waals surface area contributed by atoms with Crippen LogP contribution in [0.1, 0.15) is 21.6 Å². The summed E-state index contributed by atoms with van der Waals surface area (Å²) < 4.78 is 1.85. The van der Waals surface area contributed by atoms with E-state index >= 15 is 0 Å². The molecule has 2 aromatic heterocycles. The van der Waals surface area contributed by atoms with Crippen molar-refractivity contribution in [2.45, 2.75) is 19.6 Å². The highest BCUT2D eigenvalue weighted by atomic mass is 16.2. The van der Waals surface area contributed by atoms with Gasteiger partial charge in [-0.1, -0.05) is 6.58 Å². The number of benzene rings is 1. The van der Waals surface area contributed by atoms with Crippen LogP contribution < -0.4 is 10.9 Å². The Morgan fingerprint density at radius 3 is 3.00 bits per heavy atom. The Balaban J connectivity index is 1.49. The standard InChI is InChI=1S/C19H18N6O3/c1-2-17(26)24-5-6-25-16(10-24)13(9-23-25)8-20-18(27)12-3-4-14-15(7-12)21-11-22-19(14)28/h2-4,7,9,11H,1,5-6,8,10H2,(H,20,27)(H,21,22,28). The first-order chi connectivity index (χ1) is 13.6. The van der Waals surface area contributed by atoms with Crippen molar-refractivity contribution < 1.29 is 9.59 Å². The third kappa shape index (κ3) is 3.18. The molecular formula is C19H18N6O3. The zero-order chi connectivity index (χ0) is 19.7. The number of amides is 2. The van der Waals surface area contributed by atoms with Gasteiger partial charge in [0.05, 0.1) is 42.2 Å². The van der Waals surface area contributed by atoms with Crippen molar-refractivity contribution in [3.63, 3.8) is 0 Å². The number of carbonyl (C=O) groups is 2. The van der Waals surface area contributed by atoms with E-state index in [2.05, 4.69) is 27.0 Å². The lowest BCUT2D eigenvalue weighted by molar-refractivity contribution is -0.127. The molecular weight excluding hydrogens is 360 g/mol. The van der Waals surface area contributed by atoms with E-state index in [4.69, 9.17) is 0 Å². The molecule has 0 fully saturated rings. The minimum atomic E-state index is -0.279. The average Bonchev–Trinajstić information content (AvgIpc) is 3.13. The SMILES string of the molecule is C=CC(=O)N1CCn2ncc(CNC(=O)c3ccc4c(=O)[nH]cnc4c3)c2C1. The van der Waals surface area contributed by atoms with Crippen LogP contribution in [0.25, 0.3) is 10.9 Å². The Labute approximate surface area is 159 Å². The number of aromatic amines is 1. The van der Waals surface area contributed by atoms with Gasteiger partial charge in [0.1, 0.15) is 0 Å². The molecule has 0 saturated carbocycles. The van der Waals surface area contributed by atoms with E-state index < -0.39 is 0 Å². The second-order valence-corrected chi connectivity index (χ2v) is 6.45. The van der Waals surface area contributed by atoms with Crippen LogP contribution in [0.15, 0.2) is 48.2 Å². The fourth-order valence-electron chi connectivity index (χ4n) is 3.25. The Morgan fingerprint density at radius 1 is 1.32 bits per heavy atom. The molecule has 1 aliphatic heterocycles. The topological polar surface area (TPSA) is 113 Å². The van der Waals surface area contributed by atoms with Gasteiger partial charge in [0.2, 0.25) is 5.91 Å². The smallest absolute Gasteiger partial charge is 0.258 e. The molecule has 0 aliphatic carbocycles. The van der Waals surface area contributed by atoms with E-state index in [1.54, 1.807) is 29.3 Å². The molecule has 2 N–H and O–H groups in total. The number of fused-ring (bicyclic) bond motifs is 2. The Bertz CT molecular complexity index is 1150. The predicted molar refractivity (Wildman–Crippen MR) is 101 cm³/mol. The average molecular weight is 378 g/mol. The fraction of sp³-hybridized carbons (Fsp3) is 0.211. The number of nitrogens with zero attached hydrogens (tertiary/aromatic N) is 4. The number of H-pyrrole nitrogens is 1. The van der Waals surface area contributed by atoms with Crippen molar-refractivity contribution in [3.05, 3.63) is 70.6 Å². The molecule has 0 unspecified atom stereocenters. The Morgan fingerprint density at radius 2 is 2.18 bits per heavy atom. The third-order valence-corrected chi connectivity index (χ3v) is 4.79. The number of hydrogen-bond acceptors (Lipinski definition) is 5. The van der Waals surface area contributed by atoms with Gasteiger partial charge in [-0.3, -0.25) is 19.1 Å².